The Labute approximate surface area is 390 Å². The molecule has 0 amide bonds. The minimum absolute atomic E-state index is 0.413. The van der Waals surface area contributed by atoms with E-state index in [1.165, 1.54) is 132 Å². The Hall–Kier alpha value is -8.58. The Bertz CT molecular complexity index is 3790. The summed E-state index contributed by atoms with van der Waals surface area (Å²) in [5, 5.41) is 7.49. The maximum atomic E-state index is 2.54. The van der Waals surface area contributed by atoms with Crippen molar-refractivity contribution in [1.29, 1.82) is 0 Å². The number of benzene rings is 12. The fraction of sp³-hybridized carbons (Fsp3) is 0.0149. The molecular weight excluding hydrogens is 805 g/mol. The first-order valence-corrected chi connectivity index (χ1v) is 23.4. The van der Waals surface area contributed by atoms with Gasteiger partial charge in [0.05, 0.1) is 5.41 Å². The van der Waals surface area contributed by atoms with Gasteiger partial charge < -0.3 is 0 Å². The highest BCUT2D eigenvalue weighted by Crippen LogP contribution is 2.63. The van der Waals surface area contributed by atoms with E-state index in [1.54, 1.807) is 0 Å². The Morgan fingerprint density at radius 2 is 0.537 bits per heavy atom. The minimum atomic E-state index is -0.413. The summed E-state index contributed by atoms with van der Waals surface area (Å²) < 4.78 is 0. The van der Waals surface area contributed by atoms with E-state index in [2.05, 4.69) is 255 Å². The molecule has 12 aromatic rings. The van der Waals surface area contributed by atoms with Gasteiger partial charge in [0, 0.05) is 0 Å². The van der Waals surface area contributed by atoms with Crippen molar-refractivity contribution in [3.05, 3.63) is 277 Å². The van der Waals surface area contributed by atoms with E-state index in [4.69, 9.17) is 0 Å². The lowest BCUT2D eigenvalue weighted by atomic mass is 9.70. The van der Waals surface area contributed by atoms with Gasteiger partial charge in [-0.15, -0.1) is 0 Å². The third-order valence-corrected chi connectivity index (χ3v) is 14.9. The van der Waals surface area contributed by atoms with Gasteiger partial charge in [0.25, 0.3) is 0 Å². The van der Waals surface area contributed by atoms with Crippen LogP contribution in [0, 0.1) is 0 Å². The molecule has 0 heterocycles. The largest absolute Gasteiger partial charge is 0.0725 e. The van der Waals surface area contributed by atoms with Crippen LogP contribution >= 0.6 is 0 Å². The molecule has 0 aliphatic heterocycles. The molecule has 310 valence electrons. The maximum absolute atomic E-state index is 2.54. The summed E-state index contributed by atoms with van der Waals surface area (Å²) in [7, 11) is 0. The van der Waals surface area contributed by atoms with Crippen LogP contribution in [0.2, 0.25) is 0 Å². The number of fused-ring (bicyclic) bond motifs is 13. The van der Waals surface area contributed by atoms with Crippen molar-refractivity contribution in [2.75, 3.05) is 0 Å². The zero-order valence-corrected chi connectivity index (χ0v) is 36.7. The molecule has 2 aliphatic rings. The number of hydrogen-bond acceptors (Lipinski definition) is 0. The zero-order chi connectivity index (χ0) is 44.1. The average molecular weight is 847 g/mol. The zero-order valence-electron chi connectivity index (χ0n) is 36.7. The van der Waals surface area contributed by atoms with Gasteiger partial charge >= 0.3 is 0 Å². The first kappa shape index (κ1) is 37.8. The molecule has 2 aliphatic carbocycles. The molecule has 0 aromatic heterocycles. The van der Waals surface area contributed by atoms with Crippen molar-refractivity contribution >= 4 is 32.3 Å². The van der Waals surface area contributed by atoms with Crippen LogP contribution in [0.1, 0.15) is 22.3 Å². The first-order chi connectivity index (χ1) is 33.3. The van der Waals surface area contributed by atoms with Crippen LogP contribution in [0.4, 0.5) is 0 Å². The van der Waals surface area contributed by atoms with Gasteiger partial charge in [-0.3, -0.25) is 0 Å². The number of rotatable bonds is 5. The van der Waals surface area contributed by atoms with Crippen molar-refractivity contribution in [3.8, 4) is 77.9 Å². The Kier molecular flexibility index (Phi) is 8.30. The van der Waals surface area contributed by atoms with Crippen LogP contribution in [0.3, 0.4) is 0 Å². The predicted molar refractivity (Wildman–Crippen MR) is 282 cm³/mol. The van der Waals surface area contributed by atoms with E-state index in [1.807, 2.05) is 0 Å². The summed E-state index contributed by atoms with van der Waals surface area (Å²) in [6.07, 6.45) is 0. The van der Waals surface area contributed by atoms with Crippen molar-refractivity contribution in [3.63, 3.8) is 0 Å². The number of hydrogen-bond donors (Lipinski definition) is 0. The molecule has 0 saturated carbocycles. The molecule has 1 spiro atoms. The normalized spacial score (nSPS) is 12.9. The van der Waals surface area contributed by atoms with Gasteiger partial charge in [0.15, 0.2) is 0 Å². The highest BCUT2D eigenvalue weighted by atomic mass is 14.5. The molecule has 0 saturated heterocycles. The van der Waals surface area contributed by atoms with Crippen LogP contribution in [-0.4, -0.2) is 0 Å². The van der Waals surface area contributed by atoms with Crippen LogP contribution < -0.4 is 0 Å². The van der Waals surface area contributed by atoms with Crippen molar-refractivity contribution in [2.45, 2.75) is 5.41 Å². The van der Waals surface area contributed by atoms with E-state index in [-0.39, 0.29) is 0 Å². The fourth-order valence-electron chi connectivity index (χ4n) is 12.1. The smallest absolute Gasteiger partial charge is 0.0622 e. The molecule has 0 N–H and O–H groups in total. The summed E-state index contributed by atoms with van der Waals surface area (Å²) in [6.45, 7) is 0. The van der Waals surface area contributed by atoms with Gasteiger partial charge in [0.2, 0.25) is 0 Å². The van der Waals surface area contributed by atoms with E-state index in [9.17, 15) is 0 Å². The second-order valence-corrected chi connectivity index (χ2v) is 18.2. The standard InChI is InChI=1S/C67H42/c1-3-19-43(20-4-1)46-39-47(44-21-5-2-6-22-44)41-48(40-46)49-37-38-60(51-24-8-7-23-50(49)51)66-58-30-11-9-28-56(58)65(57-29-10-12-31-59(57)66)45-35-36-55-54-27-15-18-34-63(54)67(64(55)42-45)61-32-16-13-25-52(61)53-26-14-17-33-62(53)67/h1-42H. The highest BCUT2D eigenvalue weighted by Gasteiger charge is 2.51. The van der Waals surface area contributed by atoms with Gasteiger partial charge in [0.1, 0.15) is 0 Å². The molecular formula is C67H42. The van der Waals surface area contributed by atoms with Crippen LogP contribution in [0.15, 0.2) is 255 Å². The lowest BCUT2D eigenvalue weighted by molar-refractivity contribution is 0.794. The molecule has 0 atom stereocenters. The molecule has 14 rings (SSSR count). The second kappa shape index (κ2) is 14.7. The molecule has 67 heavy (non-hydrogen) atoms. The monoisotopic (exact) mass is 846 g/mol. The van der Waals surface area contributed by atoms with Crippen molar-refractivity contribution in [2.24, 2.45) is 0 Å². The third-order valence-electron chi connectivity index (χ3n) is 14.9. The van der Waals surface area contributed by atoms with Crippen LogP contribution in [0.25, 0.3) is 110 Å². The molecule has 0 heteroatoms. The Morgan fingerprint density at radius 1 is 0.179 bits per heavy atom. The van der Waals surface area contributed by atoms with E-state index in [0.29, 0.717) is 0 Å². The van der Waals surface area contributed by atoms with Crippen molar-refractivity contribution < 1.29 is 0 Å². The molecule has 0 fully saturated rings. The summed E-state index contributed by atoms with van der Waals surface area (Å²) in [6, 6.07) is 95.2. The molecule has 0 radical (unpaired) electrons. The van der Waals surface area contributed by atoms with E-state index in [0.717, 1.165) is 0 Å². The molecule has 0 nitrogen and oxygen atoms in total. The van der Waals surface area contributed by atoms with E-state index < -0.39 is 5.41 Å². The van der Waals surface area contributed by atoms with Crippen LogP contribution in [-0.2, 0) is 5.41 Å². The van der Waals surface area contributed by atoms with Gasteiger partial charge in [-0.2, -0.15) is 0 Å². The quantitative estimate of drug-likeness (QED) is 0.151. The van der Waals surface area contributed by atoms with Gasteiger partial charge in [-0.25, -0.2) is 0 Å². The molecule has 0 unspecified atom stereocenters. The lowest BCUT2D eigenvalue weighted by Gasteiger charge is -2.31. The fourth-order valence-corrected chi connectivity index (χ4v) is 12.1. The predicted octanol–water partition coefficient (Wildman–Crippen LogP) is 17.8. The lowest BCUT2D eigenvalue weighted by Crippen LogP contribution is -2.25. The summed E-state index contributed by atoms with van der Waals surface area (Å²) in [5.41, 5.74) is 22.6. The highest BCUT2D eigenvalue weighted by molar-refractivity contribution is 6.24. The summed E-state index contributed by atoms with van der Waals surface area (Å²) >= 11 is 0. The summed E-state index contributed by atoms with van der Waals surface area (Å²) in [5.74, 6) is 0. The minimum Gasteiger partial charge on any atom is -0.0622 e. The SMILES string of the molecule is c1ccc(-c2cc(-c3ccccc3)cc(-c3ccc(-c4c5ccccc5c(-c5ccc6c(c5)C5(c7ccccc7-c7ccccc75)c5ccccc5-6)c5ccccc45)c4ccccc34)c2)cc1. The van der Waals surface area contributed by atoms with Crippen LogP contribution in [0.5, 0.6) is 0 Å². The van der Waals surface area contributed by atoms with Crippen molar-refractivity contribution in [1.82, 2.24) is 0 Å². The van der Waals surface area contributed by atoms with Gasteiger partial charge in [-0.05, 0) is 157 Å². The average Bonchev–Trinajstić information content (AvgIpc) is 3.87. The van der Waals surface area contributed by atoms with Gasteiger partial charge in [-0.1, -0.05) is 231 Å². The second-order valence-electron chi connectivity index (χ2n) is 18.2. The Morgan fingerprint density at radius 3 is 1.04 bits per heavy atom. The third kappa shape index (κ3) is 5.48. The topological polar surface area (TPSA) is 0 Å². The van der Waals surface area contributed by atoms with E-state index >= 15 is 0 Å². The maximum Gasteiger partial charge on any atom is 0.0725 e. The Balaban J connectivity index is 0.996. The molecule has 12 aromatic carbocycles. The molecule has 0 bridgehead atoms. The first-order valence-electron chi connectivity index (χ1n) is 23.4. The summed E-state index contributed by atoms with van der Waals surface area (Å²) in [4.78, 5) is 0.